The molecule has 0 aliphatic heterocycles. The molecular weight excluding hydrogens is 448 g/mol. The van der Waals surface area contributed by atoms with Gasteiger partial charge in [0.2, 0.25) is 0 Å². The van der Waals surface area contributed by atoms with Gasteiger partial charge in [0.25, 0.3) is 15.9 Å². The predicted octanol–water partition coefficient (Wildman–Crippen LogP) is 2.14. The largest absolute Gasteiger partial charge is 0.467 e. The summed E-state index contributed by atoms with van der Waals surface area (Å²) >= 11 is 0. The molecule has 9 nitrogen and oxygen atoms in total. The van der Waals surface area contributed by atoms with Crippen molar-refractivity contribution in [2.45, 2.75) is 10.9 Å². The monoisotopic (exact) mass is 470 g/mol. The Balaban J connectivity index is 1.88. The molecule has 0 saturated carbocycles. The maximum absolute atomic E-state index is 13.4. The van der Waals surface area contributed by atoms with Crippen molar-refractivity contribution in [1.29, 1.82) is 0 Å². The molecule has 3 rings (SSSR count). The molecule has 0 bridgehead atoms. The van der Waals surface area contributed by atoms with Crippen LogP contribution in [-0.2, 0) is 19.6 Å². The molecule has 1 amide bonds. The molecule has 0 spiro atoms. The van der Waals surface area contributed by atoms with Gasteiger partial charge in [-0.3, -0.25) is 4.79 Å². The summed E-state index contributed by atoms with van der Waals surface area (Å²) < 4.78 is 32.1. The highest BCUT2D eigenvalue weighted by molar-refractivity contribution is 7.92. The number of carbonyl (C=O) groups is 2. The molecule has 3 aromatic carbocycles. The van der Waals surface area contributed by atoms with Gasteiger partial charge in [-0.1, -0.05) is 40.9 Å². The zero-order valence-electron chi connectivity index (χ0n) is 17.6. The number of benzene rings is 3. The van der Waals surface area contributed by atoms with Gasteiger partial charge in [0.1, 0.15) is 0 Å². The number of sulfonamides is 1. The number of hydrogen-bond donors (Lipinski definition) is 2. The van der Waals surface area contributed by atoms with Crippen molar-refractivity contribution in [2.24, 2.45) is 0 Å². The number of aliphatic hydroxyl groups excluding tert-OH is 1. The zero-order valence-corrected chi connectivity index (χ0v) is 18.4. The average Bonchev–Trinajstić information content (AvgIpc) is 2.86. The van der Waals surface area contributed by atoms with E-state index in [1.807, 2.05) is 0 Å². The lowest BCUT2D eigenvalue weighted by atomic mass is 10.2. The number of nitrogens with one attached hydrogen (secondary N) is 1. The highest BCUT2D eigenvalue weighted by Gasteiger charge is 2.28. The molecule has 0 aliphatic carbocycles. The Hall–Kier alpha value is -3.89. The Morgan fingerprint density at radius 3 is 2.06 bits per heavy atom. The second-order valence-electron chi connectivity index (χ2n) is 6.73. The van der Waals surface area contributed by atoms with E-state index in [1.165, 1.54) is 24.3 Å². The summed E-state index contributed by atoms with van der Waals surface area (Å²) in [6.45, 7) is -0.645. The second kappa shape index (κ2) is 10.6. The van der Waals surface area contributed by atoms with Gasteiger partial charge in [0.15, 0.2) is 11.8 Å². The minimum Gasteiger partial charge on any atom is -0.467 e. The molecule has 0 fully saturated rings. The highest BCUT2D eigenvalue weighted by atomic mass is 32.2. The third-order valence-electron chi connectivity index (χ3n) is 4.50. The first-order chi connectivity index (χ1) is 15.9. The molecule has 33 heavy (non-hydrogen) atoms. The standard InChI is InChI=1S/C23H22N2O7S/c1-31-23(28)21(16-26)24-22(27)17-12-14-20(15-13-17)33(29,30)25(18-8-4-2-5-9-18)32-19-10-6-3-7-11-19/h2-15,21,26H,16H2,1H3,(H,24,27). The van der Waals surface area contributed by atoms with Crippen LogP contribution in [0, 0.1) is 0 Å². The van der Waals surface area contributed by atoms with E-state index in [0.29, 0.717) is 5.75 Å². The van der Waals surface area contributed by atoms with Crippen LogP contribution >= 0.6 is 0 Å². The Bertz CT molecular complexity index is 1180. The topological polar surface area (TPSA) is 122 Å². The summed E-state index contributed by atoms with van der Waals surface area (Å²) in [7, 11) is -3.04. The Labute approximate surface area is 191 Å². The van der Waals surface area contributed by atoms with Gasteiger partial charge in [-0.2, -0.15) is 8.42 Å². The molecule has 1 unspecified atom stereocenters. The minimum absolute atomic E-state index is 0.0894. The molecule has 1 atom stereocenters. The van der Waals surface area contributed by atoms with Crippen molar-refractivity contribution in [2.75, 3.05) is 18.2 Å². The maximum atomic E-state index is 13.4. The fourth-order valence-corrected chi connectivity index (χ4v) is 4.06. The average molecular weight is 471 g/mol. The van der Waals surface area contributed by atoms with Crippen molar-refractivity contribution in [3.8, 4) is 5.75 Å². The lowest BCUT2D eigenvalue weighted by Crippen LogP contribution is -2.44. The first-order valence-corrected chi connectivity index (χ1v) is 11.2. The number of carbonyl (C=O) groups excluding carboxylic acids is 2. The number of hydrogen-bond acceptors (Lipinski definition) is 7. The summed E-state index contributed by atoms with van der Waals surface area (Å²) in [5.74, 6) is -1.16. The second-order valence-corrected chi connectivity index (χ2v) is 8.48. The number of methoxy groups -OCH3 is 1. The first-order valence-electron chi connectivity index (χ1n) is 9.80. The molecule has 0 radical (unpaired) electrons. The molecule has 10 heteroatoms. The minimum atomic E-state index is -4.17. The van der Waals surface area contributed by atoms with Crippen LogP contribution in [0.5, 0.6) is 5.75 Å². The zero-order chi connectivity index (χ0) is 23.8. The van der Waals surface area contributed by atoms with Gasteiger partial charge in [-0.05, 0) is 48.5 Å². The number of rotatable bonds is 9. The Morgan fingerprint density at radius 1 is 0.939 bits per heavy atom. The number of para-hydroxylation sites is 2. The molecule has 172 valence electrons. The van der Waals surface area contributed by atoms with E-state index in [4.69, 9.17) is 4.84 Å². The van der Waals surface area contributed by atoms with Crippen LogP contribution in [-0.4, -0.2) is 45.2 Å². The van der Waals surface area contributed by atoms with Crippen molar-refractivity contribution in [3.05, 3.63) is 90.5 Å². The van der Waals surface area contributed by atoms with Crippen molar-refractivity contribution in [3.63, 3.8) is 0 Å². The van der Waals surface area contributed by atoms with Crippen LogP contribution in [0.3, 0.4) is 0 Å². The maximum Gasteiger partial charge on any atom is 0.330 e. The smallest absolute Gasteiger partial charge is 0.330 e. The number of nitrogens with zero attached hydrogens (tertiary/aromatic N) is 1. The van der Waals surface area contributed by atoms with E-state index in [0.717, 1.165) is 11.6 Å². The van der Waals surface area contributed by atoms with E-state index in [9.17, 15) is 23.1 Å². The molecule has 0 heterocycles. The fourth-order valence-electron chi connectivity index (χ4n) is 2.80. The molecule has 0 saturated heterocycles. The Kier molecular flexibility index (Phi) is 7.65. The third-order valence-corrected chi connectivity index (χ3v) is 6.09. The van der Waals surface area contributed by atoms with Crippen LogP contribution in [0.4, 0.5) is 5.69 Å². The fraction of sp³-hybridized carbons (Fsp3) is 0.130. The van der Waals surface area contributed by atoms with Crippen LogP contribution in [0.2, 0.25) is 0 Å². The SMILES string of the molecule is COC(=O)C(CO)NC(=O)c1ccc(S(=O)(=O)N(Oc2ccccc2)c2ccccc2)cc1. The van der Waals surface area contributed by atoms with Crippen LogP contribution < -0.4 is 14.6 Å². The van der Waals surface area contributed by atoms with E-state index < -0.39 is 34.5 Å². The number of ether oxygens (including phenoxy) is 1. The summed E-state index contributed by atoms with van der Waals surface area (Å²) in [5.41, 5.74) is 0.374. The Morgan fingerprint density at radius 2 is 1.52 bits per heavy atom. The third kappa shape index (κ3) is 5.68. The molecule has 0 aliphatic rings. The van der Waals surface area contributed by atoms with E-state index >= 15 is 0 Å². The van der Waals surface area contributed by atoms with Gasteiger partial charge in [-0.25, -0.2) is 4.79 Å². The van der Waals surface area contributed by atoms with E-state index in [2.05, 4.69) is 10.1 Å². The van der Waals surface area contributed by atoms with Crippen molar-refractivity contribution >= 4 is 27.6 Å². The summed E-state index contributed by atoms with van der Waals surface area (Å²) in [4.78, 5) is 29.5. The number of esters is 1. The van der Waals surface area contributed by atoms with E-state index in [1.54, 1.807) is 60.7 Å². The quantitative estimate of drug-likeness (QED) is 0.363. The summed E-state index contributed by atoms with van der Waals surface area (Å²) in [6.07, 6.45) is 0. The van der Waals surface area contributed by atoms with Gasteiger partial charge < -0.3 is 20.0 Å². The molecular formula is C23H22N2O7S. The van der Waals surface area contributed by atoms with Crippen LogP contribution in [0.1, 0.15) is 10.4 Å². The summed E-state index contributed by atoms with van der Waals surface area (Å²) in [5, 5.41) is 11.6. The number of aliphatic hydroxyl groups is 1. The van der Waals surface area contributed by atoms with Gasteiger partial charge in [0, 0.05) is 5.56 Å². The number of anilines is 1. The normalized spacial score (nSPS) is 11.8. The van der Waals surface area contributed by atoms with Gasteiger partial charge >= 0.3 is 5.97 Å². The van der Waals surface area contributed by atoms with Crippen molar-refractivity contribution < 1.29 is 32.7 Å². The summed E-state index contributed by atoms with van der Waals surface area (Å²) in [6, 6.07) is 20.6. The highest BCUT2D eigenvalue weighted by Crippen LogP contribution is 2.26. The van der Waals surface area contributed by atoms with Gasteiger partial charge in [0.05, 0.1) is 24.3 Å². The van der Waals surface area contributed by atoms with Crippen molar-refractivity contribution in [1.82, 2.24) is 5.32 Å². The van der Waals surface area contributed by atoms with Crippen LogP contribution in [0.25, 0.3) is 0 Å². The lowest BCUT2D eigenvalue weighted by Gasteiger charge is -2.24. The predicted molar refractivity (Wildman–Crippen MR) is 120 cm³/mol. The molecule has 2 N–H and O–H groups in total. The first kappa shape index (κ1) is 23.8. The molecule has 3 aromatic rings. The van der Waals surface area contributed by atoms with E-state index in [-0.39, 0.29) is 16.1 Å². The number of amides is 1. The molecule has 0 aromatic heterocycles. The van der Waals surface area contributed by atoms with Gasteiger partial charge in [-0.15, -0.1) is 0 Å². The lowest BCUT2D eigenvalue weighted by molar-refractivity contribution is -0.143. The van der Waals surface area contributed by atoms with Crippen LogP contribution in [0.15, 0.2) is 89.8 Å².